The Hall–Kier alpha value is -2.46. The molecular weight excluding hydrogens is 312 g/mol. The van der Waals surface area contributed by atoms with Crippen LogP contribution in [0.4, 0.5) is 5.69 Å². The van der Waals surface area contributed by atoms with E-state index in [0.717, 1.165) is 5.56 Å². The number of Topliss-reactive ketones (excluding diaryl/α,β-unsaturated/α-hetero) is 1. The second-order valence-electron chi connectivity index (χ2n) is 7.04. The van der Waals surface area contributed by atoms with Crippen molar-refractivity contribution < 1.29 is 9.59 Å². The number of amides is 1. The highest BCUT2D eigenvalue weighted by molar-refractivity contribution is 6.14. The zero-order valence-electron chi connectivity index (χ0n) is 15.2. The molecule has 4 heteroatoms. The van der Waals surface area contributed by atoms with E-state index >= 15 is 0 Å². The fourth-order valence-corrected chi connectivity index (χ4v) is 3.52. The number of carbonyl (C=O) groups excluding carboxylic acids is 2. The van der Waals surface area contributed by atoms with Crippen molar-refractivity contribution in [2.75, 3.05) is 25.5 Å². The van der Waals surface area contributed by atoms with Crippen molar-refractivity contribution in [2.45, 2.75) is 19.9 Å². The predicted octanol–water partition coefficient (Wildman–Crippen LogP) is 3.40. The van der Waals surface area contributed by atoms with E-state index in [0.29, 0.717) is 23.4 Å². The SMILES string of the molecule is Cc1ccc2c(c1)C(=O)C(CN(C)C)C(C)N2C(=O)c1ccccc1. The molecule has 3 rings (SSSR count). The summed E-state index contributed by atoms with van der Waals surface area (Å²) in [4.78, 5) is 30.0. The Labute approximate surface area is 149 Å². The second kappa shape index (κ2) is 6.81. The Morgan fingerprint density at radius 3 is 2.44 bits per heavy atom. The third-order valence-electron chi connectivity index (χ3n) is 4.80. The quantitative estimate of drug-likeness (QED) is 0.862. The maximum atomic E-state index is 13.2. The van der Waals surface area contributed by atoms with Gasteiger partial charge in [-0.05, 0) is 52.2 Å². The van der Waals surface area contributed by atoms with Crippen molar-refractivity contribution in [2.24, 2.45) is 5.92 Å². The van der Waals surface area contributed by atoms with Crippen molar-refractivity contribution >= 4 is 17.4 Å². The van der Waals surface area contributed by atoms with Crippen LogP contribution in [0.2, 0.25) is 0 Å². The Morgan fingerprint density at radius 2 is 1.80 bits per heavy atom. The van der Waals surface area contributed by atoms with Crippen LogP contribution in [0.25, 0.3) is 0 Å². The van der Waals surface area contributed by atoms with Gasteiger partial charge in [0.2, 0.25) is 0 Å². The van der Waals surface area contributed by atoms with Crippen LogP contribution in [0, 0.1) is 12.8 Å². The van der Waals surface area contributed by atoms with Crippen LogP contribution in [0.3, 0.4) is 0 Å². The van der Waals surface area contributed by atoms with Gasteiger partial charge in [-0.25, -0.2) is 0 Å². The number of nitrogens with zero attached hydrogens (tertiary/aromatic N) is 2. The molecule has 1 heterocycles. The monoisotopic (exact) mass is 336 g/mol. The number of hydrogen-bond acceptors (Lipinski definition) is 3. The number of aryl methyl sites for hydroxylation is 1. The summed E-state index contributed by atoms with van der Waals surface area (Å²) in [6.07, 6.45) is 0. The summed E-state index contributed by atoms with van der Waals surface area (Å²) < 4.78 is 0. The number of carbonyl (C=O) groups is 2. The van der Waals surface area contributed by atoms with Gasteiger partial charge in [-0.2, -0.15) is 0 Å². The fourth-order valence-electron chi connectivity index (χ4n) is 3.52. The molecule has 25 heavy (non-hydrogen) atoms. The minimum Gasteiger partial charge on any atom is -0.309 e. The molecule has 0 N–H and O–H groups in total. The van der Waals surface area contributed by atoms with E-state index in [-0.39, 0.29) is 23.7 Å². The Bertz CT molecular complexity index is 799. The molecule has 2 aromatic rings. The maximum Gasteiger partial charge on any atom is 0.258 e. The molecule has 0 aromatic heterocycles. The molecule has 1 amide bonds. The van der Waals surface area contributed by atoms with E-state index in [1.54, 1.807) is 4.90 Å². The minimum atomic E-state index is -0.239. The molecule has 0 saturated carbocycles. The predicted molar refractivity (Wildman–Crippen MR) is 100 cm³/mol. The highest BCUT2D eigenvalue weighted by Crippen LogP contribution is 2.35. The van der Waals surface area contributed by atoms with Crippen molar-refractivity contribution in [3.05, 3.63) is 65.2 Å². The lowest BCUT2D eigenvalue weighted by Gasteiger charge is -2.40. The Morgan fingerprint density at radius 1 is 1.12 bits per heavy atom. The van der Waals surface area contributed by atoms with Gasteiger partial charge >= 0.3 is 0 Å². The van der Waals surface area contributed by atoms with Crippen LogP contribution in [-0.4, -0.2) is 43.3 Å². The molecule has 0 saturated heterocycles. The molecule has 0 radical (unpaired) electrons. The molecule has 1 aliphatic rings. The molecule has 2 aromatic carbocycles. The summed E-state index contributed by atoms with van der Waals surface area (Å²) in [5.41, 5.74) is 3.03. The second-order valence-corrected chi connectivity index (χ2v) is 7.04. The van der Waals surface area contributed by atoms with Crippen LogP contribution >= 0.6 is 0 Å². The van der Waals surface area contributed by atoms with Gasteiger partial charge in [-0.15, -0.1) is 0 Å². The zero-order chi connectivity index (χ0) is 18.1. The van der Waals surface area contributed by atoms with Crippen LogP contribution < -0.4 is 4.90 Å². The number of ketones is 1. The van der Waals surface area contributed by atoms with E-state index in [2.05, 4.69) is 0 Å². The van der Waals surface area contributed by atoms with Gasteiger partial charge in [0.25, 0.3) is 5.91 Å². The molecular formula is C21H24N2O2. The molecule has 0 spiro atoms. The van der Waals surface area contributed by atoms with Crippen LogP contribution in [-0.2, 0) is 0 Å². The zero-order valence-corrected chi connectivity index (χ0v) is 15.2. The average molecular weight is 336 g/mol. The summed E-state index contributed by atoms with van der Waals surface area (Å²) in [7, 11) is 3.91. The van der Waals surface area contributed by atoms with Crippen LogP contribution in [0.1, 0.15) is 33.2 Å². The van der Waals surface area contributed by atoms with Crippen molar-refractivity contribution in [1.29, 1.82) is 0 Å². The lowest BCUT2D eigenvalue weighted by molar-refractivity contribution is 0.0842. The summed E-state index contributed by atoms with van der Waals surface area (Å²) in [5.74, 6) is -0.177. The molecule has 4 nitrogen and oxygen atoms in total. The Kier molecular flexibility index (Phi) is 4.73. The van der Waals surface area contributed by atoms with Crippen molar-refractivity contribution in [3.8, 4) is 0 Å². The highest BCUT2D eigenvalue weighted by Gasteiger charge is 2.40. The van der Waals surface area contributed by atoms with E-state index < -0.39 is 0 Å². The van der Waals surface area contributed by atoms with Crippen molar-refractivity contribution in [3.63, 3.8) is 0 Å². The lowest BCUT2D eigenvalue weighted by Crippen LogP contribution is -2.52. The van der Waals surface area contributed by atoms with Crippen LogP contribution in [0.5, 0.6) is 0 Å². The molecule has 130 valence electrons. The molecule has 0 aliphatic carbocycles. The summed E-state index contributed by atoms with van der Waals surface area (Å²) in [6, 6.07) is 14.8. The van der Waals surface area contributed by atoms with Gasteiger partial charge in [0.15, 0.2) is 5.78 Å². The number of benzene rings is 2. The van der Waals surface area contributed by atoms with Gasteiger partial charge in [0, 0.05) is 23.7 Å². The average Bonchev–Trinajstić information content (AvgIpc) is 2.59. The summed E-state index contributed by atoms with van der Waals surface area (Å²) in [6.45, 7) is 4.55. The fraction of sp³-hybridized carbons (Fsp3) is 0.333. The normalized spacial score (nSPS) is 19.9. The minimum absolute atomic E-state index is 0.0607. The first kappa shape index (κ1) is 17.4. The summed E-state index contributed by atoms with van der Waals surface area (Å²) >= 11 is 0. The topological polar surface area (TPSA) is 40.6 Å². The number of rotatable bonds is 3. The van der Waals surface area contributed by atoms with Gasteiger partial charge in [0.1, 0.15) is 0 Å². The van der Waals surface area contributed by atoms with Crippen molar-refractivity contribution in [1.82, 2.24) is 4.90 Å². The van der Waals surface area contributed by atoms with E-state index in [4.69, 9.17) is 0 Å². The van der Waals surface area contributed by atoms with E-state index in [1.165, 1.54) is 0 Å². The largest absolute Gasteiger partial charge is 0.309 e. The third-order valence-corrected chi connectivity index (χ3v) is 4.80. The molecule has 2 atom stereocenters. The maximum absolute atomic E-state index is 13.2. The van der Waals surface area contributed by atoms with Gasteiger partial charge < -0.3 is 9.80 Å². The smallest absolute Gasteiger partial charge is 0.258 e. The Balaban J connectivity index is 2.11. The molecule has 0 fully saturated rings. The van der Waals surface area contributed by atoms with Gasteiger partial charge in [0.05, 0.1) is 11.6 Å². The first-order valence-corrected chi connectivity index (χ1v) is 8.58. The molecule has 2 unspecified atom stereocenters. The summed E-state index contributed by atoms with van der Waals surface area (Å²) in [5, 5.41) is 0. The van der Waals surface area contributed by atoms with Crippen LogP contribution in [0.15, 0.2) is 48.5 Å². The van der Waals surface area contributed by atoms with Gasteiger partial charge in [-0.1, -0.05) is 29.8 Å². The molecule has 0 bridgehead atoms. The standard InChI is InChI=1S/C21H24N2O2/c1-14-10-11-19-17(12-14)20(24)18(13-22(3)4)15(2)23(19)21(25)16-8-6-5-7-9-16/h5-12,15,18H,13H2,1-4H3. The van der Waals surface area contributed by atoms with E-state index in [9.17, 15) is 9.59 Å². The first-order chi connectivity index (χ1) is 11.9. The number of hydrogen-bond donors (Lipinski definition) is 0. The van der Waals surface area contributed by atoms with Gasteiger partial charge in [-0.3, -0.25) is 9.59 Å². The third kappa shape index (κ3) is 3.22. The number of anilines is 1. The highest BCUT2D eigenvalue weighted by atomic mass is 16.2. The number of fused-ring (bicyclic) bond motifs is 1. The first-order valence-electron chi connectivity index (χ1n) is 8.58. The van der Waals surface area contributed by atoms with E-state index in [1.807, 2.05) is 81.4 Å². The lowest BCUT2D eigenvalue weighted by atomic mass is 9.83. The molecule has 1 aliphatic heterocycles.